The zero-order valence-electron chi connectivity index (χ0n) is 14.7. The molecule has 2 aliphatic rings. The van der Waals surface area contributed by atoms with Gasteiger partial charge < -0.3 is 20.0 Å². The van der Waals surface area contributed by atoms with Crippen LogP contribution in [0.5, 0.6) is 0 Å². The molecule has 0 bridgehead atoms. The molecule has 2 aliphatic carbocycles. The molecule has 4 N–H and O–H groups in total. The van der Waals surface area contributed by atoms with E-state index >= 15 is 0 Å². The van der Waals surface area contributed by atoms with Crippen molar-refractivity contribution >= 4 is 13.4 Å². The van der Waals surface area contributed by atoms with Crippen molar-refractivity contribution in [3.8, 4) is 0 Å². The molecule has 6 heteroatoms. The van der Waals surface area contributed by atoms with E-state index in [1.54, 1.807) is 11.1 Å². The van der Waals surface area contributed by atoms with Gasteiger partial charge in [-0.3, -0.25) is 0 Å². The van der Waals surface area contributed by atoms with Crippen molar-refractivity contribution in [1.29, 1.82) is 0 Å². The van der Waals surface area contributed by atoms with Crippen LogP contribution in [0.15, 0.2) is 54.6 Å². The molecule has 4 rings (SSSR count). The molecule has 2 unspecified atom stereocenters. The molecule has 0 spiro atoms. The minimum absolute atomic E-state index is 0.734. The molecule has 2 aromatic carbocycles. The maximum Gasteiger partial charge on any atom is 0.466 e. The monoisotopic (exact) mass is 373 g/mol. The topological polar surface area (TPSA) is 89.8 Å². The second kappa shape index (κ2) is 7.87. The number of fused-ring (bicyclic) bond motifs is 5. The maximum absolute atomic E-state index is 8.88. The van der Waals surface area contributed by atoms with Gasteiger partial charge in [0.1, 0.15) is 0 Å². The summed E-state index contributed by atoms with van der Waals surface area (Å²) in [5.74, 6) is 1.47. The Bertz CT molecular complexity index is 797. The Morgan fingerprint density at radius 2 is 1.46 bits per heavy atom. The van der Waals surface area contributed by atoms with Crippen LogP contribution >= 0.6 is 7.82 Å². The Morgan fingerprint density at radius 1 is 1.00 bits per heavy atom. The molecule has 0 aliphatic heterocycles. The number of phosphoric acid groups is 1. The van der Waals surface area contributed by atoms with Gasteiger partial charge in [-0.1, -0.05) is 54.6 Å². The number of hydrogen-bond acceptors (Lipinski definition) is 2. The molecule has 26 heavy (non-hydrogen) atoms. The standard InChI is InChI=1S/C20H21N.H3O4P/c1-21-12-6-11-16-14-7-2-4-9-17(14)19-13-20(19)18-10-5-3-8-15(16)18;1-5(2,3)4/h2-5,7-11,19-21H,6,12-13H2,1H3;(H3,1,2,3,4). The van der Waals surface area contributed by atoms with Crippen LogP contribution < -0.4 is 5.32 Å². The fourth-order valence-corrected chi connectivity index (χ4v) is 3.74. The van der Waals surface area contributed by atoms with Crippen molar-refractivity contribution in [2.45, 2.75) is 24.7 Å². The highest BCUT2D eigenvalue weighted by Gasteiger charge is 2.44. The lowest BCUT2D eigenvalue weighted by atomic mass is 9.91. The van der Waals surface area contributed by atoms with E-state index in [1.807, 2.05) is 7.05 Å². The van der Waals surface area contributed by atoms with Crippen LogP contribution in [0.1, 0.15) is 46.9 Å². The lowest BCUT2D eigenvalue weighted by Gasteiger charge is -2.13. The zero-order valence-corrected chi connectivity index (χ0v) is 15.6. The van der Waals surface area contributed by atoms with Crippen molar-refractivity contribution < 1.29 is 19.2 Å². The molecule has 1 fully saturated rings. The molecule has 1 saturated carbocycles. The molecular formula is C20H24NO4P. The Morgan fingerprint density at radius 3 is 1.92 bits per heavy atom. The van der Waals surface area contributed by atoms with Crippen LogP contribution in [0.2, 0.25) is 0 Å². The van der Waals surface area contributed by atoms with Gasteiger partial charge in [0.15, 0.2) is 0 Å². The van der Waals surface area contributed by atoms with E-state index in [-0.39, 0.29) is 0 Å². The third-order valence-corrected chi connectivity index (χ3v) is 4.83. The largest absolute Gasteiger partial charge is 0.466 e. The van der Waals surface area contributed by atoms with Gasteiger partial charge in [-0.2, -0.15) is 0 Å². The van der Waals surface area contributed by atoms with E-state index in [1.165, 1.54) is 23.1 Å². The number of nitrogens with one attached hydrogen (secondary N) is 1. The second-order valence-corrected chi connectivity index (χ2v) is 7.67. The van der Waals surface area contributed by atoms with Crippen molar-refractivity contribution in [3.05, 3.63) is 76.9 Å². The first kappa shape index (κ1) is 19.0. The molecule has 0 saturated heterocycles. The van der Waals surface area contributed by atoms with Crippen molar-refractivity contribution in [2.24, 2.45) is 0 Å². The van der Waals surface area contributed by atoms with Crippen molar-refractivity contribution in [3.63, 3.8) is 0 Å². The average molecular weight is 373 g/mol. The summed E-state index contributed by atoms with van der Waals surface area (Å²) in [6.45, 7) is 1.03. The number of hydrogen-bond donors (Lipinski definition) is 4. The van der Waals surface area contributed by atoms with Crippen LogP contribution in [0.4, 0.5) is 0 Å². The molecule has 0 amide bonds. The molecule has 0 heterocycles. The minimum atomic E-state index is -4.64. The van der Waals surface area contributed by atoms with Gasteiger partial charge in [-0.15, -0.1) is 0 Å². The molecule has 5 nitrogen and oxygen atoms in total. The highest BCUT2D eigenvalue weighted by Crippen LogP contribution is 2.59. The molecule has 2 aromatic rings. The van der Waals surface area contributed by atoms with Gasteiger partial charge in [-0.05, 0) is 66.1 Å². The summed E-state index contributed by atoms with van der Waals surface area (Å²) in [7, 11) is -2.62. The highest BCUT2D eigenvalue weighted by molar-refractivity contribution is 7.45. The fourth-order valence-electron chi connectivity index (χ4n) is 3.74. The summed E-state index contributed by atoms with van der Waals surface area (Å²) in [5.41, 5.74) is 7.43. The fraction of sp³-hybridized carbons (Fsp3) is 0.300. The van der Waals surface area contributed by atoms with E-state index in [9.17, 15) is 0 Å². The second-order valence-electron chi connectivity index (χ2n) is 6.65. The maximum atomic E-state index is 8.88. The zero-order chi connectivity index (χ0) is 18.7. The first-order valence-electron chi connectivity index (χ1n) is 8.71. The van der Waals surface area contributed by atoms with Gasteiger partial charge in [-0.25, -0.2) is 4.57 Å². The summed E-state index contributed by atoms with van der Waals surface area (Å²) in [6, 6.07) is 18.0. The molecular weight excluding hydrogens is 349 g/mol. The van der Waals surface area contributed by atoms with E-state index < -0.39 is 7.82 Å². The van der Waals surface area contributed by atoms with Crippen LogP contribution in [-0.4, -0.2) is 28.3 Å². The van der Waals surface area contributed by atoms with Gasteiger partial charge in [0.2, 0.25) is 0 Å². The van der Waals surface area contributed by atoms with Crippen LogP contribution in [0.25, 0.3) is 5.57 Å². The Hall–Kier alpha value is -1.75. The molecule has 0 radical (unpaired) electrons. The smallest absolute Gasteiger partial charge is 0.319 e. The van der Waals surface area contributed by atoms with E-state index in [2.05, 4.69) is 59.9 Å². The van der Waals surface area contributed by atoms with Crippen LogP contribution in [-0.2, 0) is 4.57 Å². The third-order valence-electron chi connectivity index (χ3n) is 4.83. The normalized spacial score (nSPS) is 19.9. The first-order valence-corrected chi connectivity index (χ1v) is 10.3. The first-order chi connectivity index (χ1) is 12.4. The SMILES string of the molecule is CNCCC=C1c2ccccc2C2CC2c2ccccc21.O=P(O)(O)O. The molecule has 138 valence electrons. The molecule has 0 aromatic heterocycles. The van der Waals surface area contributed by atoms with E-state index in [4.69, 9.17) is 19.2 Å². The quantitative estimate of drug-likeness (QED) is 0.489. The summed E-state index contributed by atoms with van der Waals surface area (Å²) < 4.78 is 8.88. The lowest BCUT2D eigenvalue weighted by Crippen LogP contribution is -2.06. The average Bonchev–Trinajstić information content (AvgIpc) is 3.38. The Kier molecular flexibility index (Phi) is 5.76. The highest BCUT2D eigenvalue weighted by atomic mass is 31.2. The van der Waals surface area contributed by atoms with Gasteiger partial charge in [0.05, 0.1) is 0 Å². The minimum Gasteiger partial charge on any atom is -0.319 e. The number of rotatable bonds is 3. The predicted octanol–water partition coefficient (Wildman–Crippen LogP) is 3.38. The molecule has 2 atom stereocenters. The van der Waals surface area contributed by atoms with Crippen molar-refractivity contribution in [1.82, 2.24) is 5.32 Å². The van der Waals surface area contributed by atoms with E-state index in [0.29, 0.717) is 0 Å². The summed E-state index contributed by atoms with van der Waals surface area (Å²) >= 11 is 0. The van der Waals surface area contributed by atoms with E-state index in [0.717, 1.165) is 24.8 Å². The summed E-state index contributed by atoms with van der Waals surface area (Å²) in [5, 5.41) is 3.24. The number of benzene rings is 2. The third kappa shape index (κ3) is 4.50. The van der Waals surface area contributed by atoms with Gasteiger partial charge in [0.25, 0.3) is 0 Å². The Balaban J connectivity index is 0.000000349. The Labute approximate surface area is 153 Å². The summed E-state index contributed by atoms with van der Waals surface area (Å²) in [6.07, 6.45) is 4.81. The van der Waals surface area contributed by atoms with Crippen LogP contribution in [0.3, 0.4) is 0 Å². The van der Waals surface area contributed by atoms with Gasteiger partial charge >= 0.3 is 7.82 Å². The van der Waals surface area contributed by atoms with Crippen LogP contribution in [0, 0.1) is 0 Å². The van der Waals surface area contributed by atoms with Gasteiger partial charge in [0, 0.05) is 0 Å². The lowest BCUT2D eigenvalue weighted by molar-refractivity contribution is 0.275. The van der Waals surface area contributed by atoms with Crippen molar-refractivity contribution in [2.75, 3.05) is 13.6 Å². The predicted molar refractivity (Wildman–Crippen MR) is 103 cm³/mol. The summed E-state index contributed by atoms with van der Waals surface area (Å²) in [4.78, 5) is 21.6.